The van der Waals surface area contributed by atoms with Crippen molar-refractivity contribution in [2.45, 2.75) is 77.5 Å². The van der Waals surface area contributed by atoms with Gasteiger partial charge in [-0.3, -0.25) is 9.79 Å². The van der Waals surface area contributed by atoms with Crippen molar-refractivity contribution in [3.63, 3.8) is 0 Å². The second kappa shape index (κ2) is 10.4. The summed E-state index contributed by atoms with van der Waals surface area (Å²) >= 11 is 0. The highest BCUT2D eigenvalue weighted by atomic mass is 16.3. The monoisotopic (exact) mass is 312 g/mol. The van der Waals surface area contributed by atoms with Crippen LogP contribution in [0.3, 0.4) is 0 Å². The van der Waals surface area contributed by atoms with Crippen LogP contribution < -0.4 is 16.0 Å². The molecule has 0 aliphatic heterocycles. The Kier molecular flexibility index (Phi) is 8.89. The first-order valence-corrected chi connectivity index (χ1v) is 8.57. The minimum Gasteiger partial charge on any atom is -0.393 e. The van der Waals surface area contributed by atoms with Gasteiger partial charge in [-0.25, -0.2) is 0 Å². The Morgan fingerprint density at radius 1 is 1.27 bits per heavy atom. The highest BCUT2D eigenvalue weighted by molar-refractivity contribution is 5.81. The predicted octanol–water partition coefficient (Wildman–Crippen LogP) is 1.15. The van der Waals surface area contributed by atoms with Gasteiger partial charge < -0.3 is 21.1 Å². The van der Waals surface area contributed by atoms with Crippen LogP contribution >= 0.6 is 0 Å². The Morgan fingerprint density at radius 3 is 2.55 bits per heavy atom. The van der Waals surface area contributed by atoms with Crippen LogP contribution in [0.5, 0.6) is 0 Å². The van der Waals surface area contributed by atoms with Gasteiger partial charge in [0.15, 0.2) is 5.96 Å². The van der Waals surface area contributed by atoms with Crippen LogP contribution in [-0.4, -0.2) is 48.3 Å². The number of guanidine groups is 1. The zero-order chi connectivity index (χ0) is 16.4. The third-order valence-electron chi connectivity index (χ3n) is 4.01. The highest BCUT2D eigenvalue weighted by Crippen LogP contribution is 2.18. The molecule has 1 unspecified atom stereocenters. The molecule has 0 spiro atoms. The lowest BCUT2D eigenvalue weighted by Gasteiger charge is -2.27. The maximum Gasteiger partial charge on any atom is 0.222 e. The van der Waals surface area contributed by atoms with Crippen LogP contribution in [-0.2, 0) is 4.79 Å². The number of carbonyl (C=O) groups is 1. The van der Waals surface area contributed by atoms with Crippen molar-refractivity contribution in [2.24, 2.45) is 4.99 Å². The van der Waals surface area contributed by atoms with E-state index in [1.165, 1.54) is 0 Å². The molecular formula is C16H32N4O2. The van der Waals surface area contributed by atoms with E-state index in [1.807, 2.05) is 13.8 Å². The summed E-state index contributed by atoms with van der Waals surface area (Å²) in [4.78, 5) is 16.2. The Bertz CT molecular complexity index is 352. The molecule has 6 heteroatoms. The summed E-state index contributed by atoms with van der Waals surface area (Å²) in [5.74, 6) is 0.815. The number of amides is 1. The Morgan fingerprint density at radius 2 is 1.95 bits per heavy atom. The quantitative estimate of drug-likeness (QED) is 0.420. The number of aliphatic hydroxyl groups is 1. The van der Waals surface area contributed by atoms with E-state index in [9.17, 15) is 9.90 Å². The average Bonchev–Trinajstić information content (AvgIpc) is 2.49. The van der Waals surface area contributed by atoms with Gasteiger partial charge in [0.05, 0.1) is 12.6 Å². The molecule has 1 rings (SSSR count). The van der Waals surface area contributed by atoms with Crippen molar-refractivity contribution in [3.05, 3.63) is 0 Å². The lowest BCUT2D eigenvalue weighted by Crippen LogP contribution is -2.45. The third-order valence-corrected chi connectivity index (χ3v) is 4.01. The van der Waals surface area contributed by atoms with Crippen LogP contribution in [0.4, 0.5) is 0 Å². The van der Waals surface area contributed by atoms with Gasteiger partial charge in [-0.05, 0) is 46.0 Å². The normalized spacial score (nSPS) is 23.7. The fraction of sp³-hybridized carbons (Fsp3) is 0.875. The molecule has 1 amide bonds. The zero-order valence-electron chi connectivity index (χ0n) is 14.2. The summed E-state index contributed by atoms with van der Waals surface area (Å²) in [5, 5.41) is 19.1. The highest BCUT2D eigenvalue weighted by Gasteiger charge is 2.19. The van der Waals surface area contributed by atoms with E-state index >= 15 is 0 Å². The lowest BCUT2D eigenvalue weighted by atomic mass is 9.93. The molecule has 1 saturated carbocycles. The molecule has 22 heavy (non-hydrogen) atoms. The van der Waals surface area contributed by atoms with E-state index in [1.54, 1.807) is 0 Å². The van der Waals surface area contributed by atoms with Crippen LogP contribution in [0.1, 0.15) is 59.3 Å². The smallest absolute Gasteiger partial charge is 0.222 e. The van der Waals surface area contributed by atoms with Gasteiger partial charge in [-0.1, -0.05) is 6.92 Å². The van der Waals surface area contributed by atoms with Crippen molar-refractivity contribution in [1.29, 1.82) is 0 Å². The van der Waals surface area contributed by atoms with Gasteiger partial charge in [0.1, 0.15) is 0 Å². The van der Waals surface area contributed by atoms with Crippen molar-refractivity contribution in [3.8, 4) is 0 Å². The summed E-state index contributed by atoms with van der Waals surface area (Å²) in [6.45, 7) is 7.35. The molecule has 1 fully saturated rings. The summed E-state index contributed by atoms with van der Waals surface area (Å²) < 4.78 is 0. The molecule has 1 aliphatic rings. The van der Waals surface area contributed by atoms with E-state index < -0.39 is 0 Å². The number of rotatable bonds is 7. The number of aliphatic imine (C=N–C) groups is 1. The summed E-state index contributed by atoms with van der Waals surface area (Å²) in [5.41, 5.74) is 0. The van der Waals surface area contributed by atoms with E-state index in [2.05, 4.69) is 27.9 Å². The Labute approximate surface area is 134 Å². The molecule has 0 radical (unpaired) electrons. The second-order valence-electron chi connectivity index (χ2n) is 6.04. The minimum atomic E-state index is -0.151. The predicted molar refractivity (Wildman–Crippen MR) is 89.9 cm³/mol. The molecule has 1 aliphatic carbocycles. The van der Waals surface area contributed by atoms with Crippen molar-refractivity contribution in [2.75, 3.05) is 13.1 Å². The second-order valence-corrected chi connectivity index (χ2v) is 6.04. The maximum absolute atomic E-state index is 11.7. The first-order valence-electron chi connectivity index (χ1n) is 8.57. The van der Waals surface area contributed by atoms with Crippen molar-refractivity contribution >= 4 is 11.9 Å². The average molecular weight is 312 g/mol. The molecule has 1 atom stereocenters. The van der Waals surface area contributed by atoms with Crippen molar-refractivity contribution in [1.82, 2.24) is 16.0 Å². The number of hydrogen-bond acceptors (Lipinski definition) is 3. The molecule has 0 aromatic rings. The number of aliphatic hydroxyl groups excluding tert-OH is 1. The molecule has 6 nitrogen and oxygen atoms in total. The first kappa shape index (κ1) is 18.7. The van der Waals surface area contributed by atoms with Crippen LogP contribution in [0.25, 0.3) is 0 Å². The van der Waals surface area contributed by atoms with E-state index in [-0.39, 0.29) is 18.1 Å². The van der Waals surface area contributed by atoms with Gasteiger partial charge in [-0.15, -0.1) is 0 Å². The molecule has 4 N–H and O–H groups in total. The van der Waals surface area contributed by atoms with E-state index in [0.717, 1.165) is 44.6 Å². The molecule has 0 bridgehead atoms. The standard InChI is InChI=1S/C16H32N4O2/c1-4-12(3)19-15(22)10-11-18-16(17-5-2)20-13-6-8-14(21)9-7-13/h12-14,21H,4-11H2,1-3H3,(H,19,22)(H2,17,18,20). The number of hydrogen-bond donors (Lipinski definition) is 4. The van der Waals surface area contributed by atoms with Crippen LogP contribution in [0.15, 0.2) is 4.99 Å². The van der Waals surface area contributed by atoms with Gasteiger partial charge in [0.2, 0.25) is 5.91 Å². The van der Waals surface area contributed by atoms with Crippen molar-refractivity contribution < 1.29 is 9.90 Å². The minimum absolute atomic E-state index is 0.0507. The lowest BCUT2D eigenvalue weighted by molar-refractivity contribution is -0.121. The first-order chi connectivity index (χ1) is 10.5. The van der Waals surface area contributed by atoms with Gasteiger partial charge >= 0.3 is 0 Å². The fourth-order valence-corrected chi connectivity index (χ4v) is 2.45. The number of nitrogens with zero attached hydrogens (tertiary/aromatic N) is 1. The summed E-state index contributed by atoms with van der Waals surface area (Å²) in [7, 11) is 0. The van der Waals surface area contributed by atoms with Gasteiger partial charge in [-0.2, -0.15) is 0 Å². The SMILES string of the molecule is CCNC(=NCCC(=O)NC(C)CC)NC1CCC(O)CC1. The Balaban J connectivity index is 2.36. The zero-order valence-corrected chi connectivity index (χ0v) is 14.2. The molecular weight excluding hydrogens is 280 g/mol. The number of nitrogens with one attached hydrogen (secondary N) is 3. The van der Waals surface area contributed by atoms with Gasteiger partial charge in [0, 0.05) is 25.0 Å². The third kappa shape index (κ3) is 7.64. The summed E-state index contributed by atoms with van der Waals surface area (Å²) in [6.07, 6.45) is 4.79. The molecule has 0 heterocycles. The summed E-state index contributed by atoms with van der Waals surface area (Å²) in [6, 6.07) is 0.576. The van der Waals surface area contributed by atoms with Crippen LogP contribution in [0.2, 0.25) is 0 Å². The molecule has 128 valence electrons. The molecule has 0 aromatic heterocycles. The fourth-order valence-electron chi connectivity index (χ4n) is 2.45. The topological polar surface area (TPSA) is 85.8 Å². The van der Waals surface area contributed by atoms with Crippen LogP contribution in [0, 0.1) is 0 Å². The largest absolute Gasteiger partial charge is 0.393 e. The Hall–Kier alpha value is -1.30. The van der Waals surface area contributed by atoms with E-state index in [4.69, 9.17) is 0 Å². The van der Waals surface area contributed by atoms with Gasteiger partial charge in [0.25, 0.3) is 0 Å². The molecule has 0 aromatic carbocycles. The molecule has 0 saturated heterocycles. The maximum atomic E-state index is 11.7. The number of carbonyl (C=O) groups excluding carboxylic acids is 1. The van der Waals surface area contributed by atoms with E-state index in [0.29, 0.717) is 19.0 Å².